The first kappa shape index (κ1) is 14.0. The molecule has 0 saturated carbocycles. The lowest BCUT2D eigenvalue weighted by atomic mass is 10.2. The molecule has 17 heavy (non-hydrogen) atoms. The molecule has 0 N–H and O–H groups in total. The molecule has 0 amide bonds. The minimum absolute atomic E-state index is 0.124. The van der Waals surface area contributed by atoms with E-state index in [1.807, 2.05) is 12.3 Å². The fraction of sp³-hybridized carbons (Fsp3) is 0.429. The molecule has 0 fully saturated rings. The Labute approximate surface area is 107 Å². The fourth-order valence-electron chi connectivity index (χ4n) is 1.44. The molecule has 2 nitrogen and oxygen atoms in total. The lowest BCUT2D eigenvalue weighted by Gasteiger charge is -2.20. The van der Waals surface area contributed by atoms with Crippen LogP contribution in [0.4, 0.5) is 0 Å². The summed E-state index contributed by atoms with van der Waals surface area (Å²) in [7, 11) is 3.81. The maximum atomic E-state index is 5.79. The lowest BCUT2D eigenvalue weighted by molar-refractivity contribution is 0.0779. The number of hydrogen-bond donors (Lipinski definition) is 0. The second kappa shape index (κ2) is 6.03. The minimum Gasteiger partial charge on any atom is -0.496 e. The van der Waals surface area contributed by atoms with Gasteiger partial charge in [-0.05, 0) is 45.6 Å². The Morgan fingerprint density at radius 1 is 1.18 bits per heavy atom. The van der Waals surface area contributed by atoms with Crippen molar-refractivity contribution in [3.63, 3.8) is 0 Å². The molecule has 3 heteroatoms. The first-order valence-corrected chi connectivity index (χ1v) is 7.29. The van der Waals surface area contributed by atoms with Crippen LogP contribution in [-0.4, -0.2) is 33.9 Å². The first-order valence-electron chi connectivity index (χ1n) is 5.95. The monoisotopic (exact) mass is 249 g/mol. The van der Waals surface area contributed by atoms with Crippen molar-refractivity contribution in [1.29, 1.82) is 0 Å². The molecule has 0 aliphatic carbocycles. The predicted octanol–water partition coefficient (Wildman–Crippen LogP) is 2.45. The quantitative estimate of drug-likeness (QED) is 0.600. The molecule has 1 rings (SSSR count). The van der Waals surface area contributed by atoms with Gasteiger partial charge in [-0.3, -0.25) is 0 Å². The average molecular weight is 249 g/mol. The van der Waals surface area contributed by atoms with Crippen LogP contribution in [0.25, 0.3) is 5.20 Å². The van der Waals surface area contributed by atoms with Crippen molar-refractivity contribution in [2.45, 2.75) is 26.4 Å². The van der Waals surface area contributed by atoms with Crippen LogP contribution in [-0.2, 0) is 4.74 Å². The Bertz CT molecular complexity index is 366. The zero-order valence-electron chi connectivity index (χ0n) is 11.5. The molecule has 1 aromatic rings. The van der Waals surface area contributed by atoms with Crippen molar-refractivity contribution in [2.75, 3.05) is 14.1 Å². The second-order valence-corrected chi connectivity index (χ2v) is 7.82. The summed E-state index contributed by atoms with van der Waals surface area (Å²) in [6.45, 7) is 6.22. The average Bonchev–Trinajstić information content (AvgIpc) is 2.24. The van der Waals surface area contributed by atoms with Crippen LogP contribution in [0, 0.1) is 0 Å². The van der Waals surface area contributed by atoms with Gasteiger partial charge in [0.05, 0.1) is 11.9 Å². The van der Waals surface area contributed by atoms with Crippen molar-refractivity contribution in [3.05, 3.63) is 42.2 Å². The largest absolute Gasteiger partial charge is 0.496 e. The molecular weight excluding hydrogens is 226 g/mol. The van der Waals surface area contributed by atoms with Crippen molar-refractivity contribution < 1.29 is 4.74 Å². The zero-order valence-corrected chi connectivity index (χ0v) is 12.9. The molecule has 1 aromatic carbocycles. The van der Waals surface area contributed by atoms with Gasteiger partial charge < -0.3 is 9.30 Å². The molecule has 0 radical (unpaired) electrons. The Balaban J connectivity index is 2.88. The SMILES string of the molecule is CN(C)[SiH2]C(=COC(C)(C)C)c1ccccc1. The van der Waals surface area contributed by atoms with Gasteiger partial charge in [0.15, 0.2) is 0 Å². The summed E-state index contributed by atoms with van der Waals surface area (Å²) < 4.78 is 8.08. The van der Waals surface area contributed by atoms with Crippen LogP contribution in [0.1, 0.15) is 26.3 Å². The highest BCUT2D eigenvalue weighted by atomic mass is 28.2. The summed E-state index contributed by atoms with van der Waals surface area (Å²) in [5.41, 5.74) is 1.15. The van der Waals surface area contributed by atoms with E-state index in [1.165, 1.54) is 10.8 Å². The van der Waals surface area contributed by atoms with Crippen molar-refractivity contribution >= 4 is 14.9 Å². The van der Waals surface area contributed by atoms with Gasteiger partial charge in [-0.15, -0.1) is 0 Å². The summed E-state index contributed by atoms with van der Waals surface area (Å²) in [4.78, 5) is 0. The molecule has 0 atom stereocenters. The second-order valence-electron chi connectivity index (χ2n) is 5.48. The van der Waals surface area contributed by atoms with Gasteiger partial charge in [0.1, 0.15) is 9.68 Å². The summed E-state index contributed by atoms with van der Waals surface area (Å²) >= 11 is 0. The lowest BCUT2D eigenvalue weighted by Crippen LogP contribution is -2.21. The van der Waals surface area contributed by atoms with Crippen LogP contribution >= 0.6 is 0 Å². The molecule has 0 aromatic heterocycles. The van der Waals surface area contributed by atoms with Gasteiger partial charge in [0.2, 0.25) is 0 Å². The van der Waals surface area contributed by atoms with Gasteiger partial charge in [0.25, 0.3) is 0 Å². The molecule has 0 bridgehead atoms. The van der Waals surface area contributed by atoms with Crippen molar-refractivity contribution in [2.24, 2.45) is 0 Å². The van der Waals surface area contributed by atoms with E-state index in [1.54, 1.807) is 0 Å². The number of hydrogen-bond acceptors (Lipinski definition) is 2. The van der Waals surface area contributed by atoms with E-state index >= 15 is 0 Å². The summed E-state index contributed by atoms with van der Waals surface area (Å²) in [5.74, 6) is 0. The smallest absolute Gasteiger partial charge is 0.131 e. The van der Waals surface area contributed by atoms with Crippen LogP contribution in [0.2, 0.25) is 0 Å². The predicted molar refractivity (Wildman–Crippen MR) is 77.5 cm³/mol. The highest BCUT2D eigenvalue weighted by Crippen LogP contribution is 2.16. The van der Waals surface area contributed by atoms with E-state index in [-0.39, 0.29) is 5.60 Å². The molecule has 0 spiro atoms. The molecule has 0 heterocycles. The summed E-state index contributed by atoms with van der Waals surface area (Å²) in [6, 6.07) is 10.5. The molecule has 94 valence electrons. The van der Waals surface area contributed by atoms with Crippen LogP contribution in [0.3, 0.4) is 0 Å². The van der Waals surface area contributed by atoms with E-state index in [0.717, 1.165) is 0 Å². The van der Waals surface area contributed by atoms with Crippen LogP contribution < -0.4 is 0 Å². The maximum absolute atomic E-state index is 5.79. The Morgan fingerprint density at radius 3 is 2.24 bits per heavy atom. The van der Waals surface area contributed by atoms with E-state index in [9.17, 15) is 0 Å². The van der Waals surface area contributed by atoms with Crippen molar-refractivity contribution in [3.8, 4) is 0 Å². The Morgan fingerprint density at radius 2 is 1.76 bits per heavy atom. The molecule has 0 saturated heterocycles. The third kappa shape index (κ3) is 5.70. The molecule has 0 aliphatic heterocycles. The standard InChI is InChI=1S/C14H23NOSi/c1-14(2,3)16-11-13(17-15(4)5)12-9-7-6-8-10-12/h6-11H,17H2,1-5H3. The molecular formula is C14H23NOSi. The third-order valence-corrected chi connectivity index (χ3v) is 3.73. The normalized spacial score (nSPS) is 13.6. The van der Waals surface area contributed by atoms with Crippen LogP contribution in [0.15, 0.2) is 36.6 Å². The van der Waals surface area contributed by atoms with E-state index < -0.39 is 9.68 Å². The van der Waals surface area contributed by atoms with Crippen LogP contribution in [0.5, 0.6) is 0 Å². The number of nitrogens with zero attached hydrogens (tertiary/aromatic N) is 1. The molecule has 0 unspecified atom stereocenters. The van der Waals surface area contributed by atoms with E-state index in [4.69, 9.17) is 4.74 Å². The first-order chi connectivity index (χ1) is 7.88. The zero-order chi connectivity index (χ0) is 12.9. The number of benzene rings is 1. The number of ether oxygens (including phenoxy) is 1. The van der Waals surface area contributed by atoms with E-state index in [2.05, 4.69) is 63.7 Å². The topological polar surface area (TPSA) is 12.5 Å². The highest BCUT2D eigenvalue weighted by molar-refractivity contribution is 6.58. The van der Waals surface area contributed by atoms with Gasteiger partial charge >= 0.3 is 0 Å². The molecule has 0 aliphatic rings. The maximum Gasteiger partial charge on any atom is 0.131 e. The fourth-order valence-corrected chi connectivity index (χ4v) is 2.69. The number of rotatable bonds is 4. The van der Waals surface area contributed by atoms with Gasteiger partial charge in [-0.2, -0.15) is 0 Å². The van der Waals surface area contributed by atoms with E-state index in [0.29, 0.717) is 0 Å². The van der Waals surface area contributed by atoms with Gasteiger partial charge in [-0.1, -0.05) is 30.3 Å². The Kier molecular flexibility index (Phi) is 4.96. The summed E-state index contributed by atoms with van der Waals surface area (Å²) in [5, 5.41) is 1.34. The van der Waals surface area contributed by atoms with Gasteiger partial charge in [-0.25, -0.2) is 0 Å². The highest BCUT2D eigenvalue weighted by Gasteiger charge is 2.10. The summed E-state index contributed by atoms with van der Waals surface area (Å²) in [6.07, 6.45) is 1.95. The van der Waals surface area contributed by atoms with Crippen molar-refractivity contribution in [1.82, 2.24) is 4.57 Å². The Hall–Kier alpha value is -1.06. The third-order valence-electron chi connectivity index (χ3n) is 2.19. The minimum atomic E-state index is -0.438. The van der Waals surface area contributed by atoms with Gasteiger partial charge in [0, 0.05) is 0 Å².